The van der Waals surface area contributed by atoms with Gasteiger partial charge in [0, 0.05) is 6.21 Å². The second-order valence-corrected chi connectivity index (χ2v) is 5.33. The van der Waals surface area contributed by atoms with Crippen molar-refractivity contribution >= 4 is 29.5 Å². The van der Waals surface area contributed by atoms with Crippen molar-refractivity contribution in [3.63, 3.8) is 0 Å². The van der Waals surface area contributed by atoms with Crippen molar-refractivity contribution in [3.05, 3.63) is 58.1 Å². The molecule has 0 aliphatic rings. The van der Waals surface area contributed by atoms with Crippen LogP contribution < -0.4 is 4.74 Å². The standard InChI is InChI=1S/C17H16ClNO3/c1-11-3-4-12(2)15(7-11)19-9-13-5-6-16(14(18)8-13)22-10-17(20)21/h3-9H,10H2,1-2H3,(H,20,21). The second-order valence-electron chi connectivity index (χ2n) is 4.92. The van der Waals surface area contributed by atoms with Gasteiger partial charge in [-0.1, -0.05) is 23.7 Å². The lowest BCUT2D eigenvalue weighted by Crippen LogP contribution is -2.09. The molecule has 0 bridgehead atoms. The van der Waals surface area contributed by atoms with Gasteiger partial charge in [-0.3, -0.25) is 4.99 Å². The lowest BCUT2D eigenvalue weighted by atomic mass is 10.1. The van der Waals surface area contributed by atoms with Crippen LogP contribution in [-0.4, -0.2) is 23.9 Å². The molecule has 5 heteroatoms. The molecule has 22 heavy (non-hydrogen) atoms. The molecular weight excluding hydrogens is 302 g/mol. The number of aryl methyl sites for hydroxylation is 2. The van der Waals surface area contributed by atoms with Crippen LogP contribution in [0.5, 0.6) is 5.75 Å². The molecule has 0 amide bonds. The highest BCUT2D eigenvalue weighted by Crippen LogP contribution is 2.25. The number of ether oxygens (including phenoxy) is 1. The van der Waals surface area contributed by atoms with E-state index in [9.17, 15) is 4.79 Å². The summed E-state index contributed by atoms with van der Waals surface area (Å²) in [6, 6.07) is 11.2. The predicted octanol–water partition coefficient (Wildman–Crippen LogP) is 4.17. The zero-order valence-electron chi connectivity index (χ0n) is 12.3. The highest BCUT2D eigenvalue weighted by atomic mass is 35.5. The number of nitrogens with zero attached hydrogens (tertiary/aromatic N) is 1. The Bertz CT molecular complexity index is 726. The Morgan fingerprint density at radius 1 is 1.27 bits per heavy atom. The topological polar surface area (TPSA) is 58.9 Å². The van der Waals surface area contributed by atoms with E-state index < -0.39 is 12.6 Å². The number of aliphatic carboxylic acids is 1. The van der Waals surface area contributed by atoms with Crippen LogP contribution in [-0.2, 0) is 4.79 Å². The minimum atomic E-state index is -1.04. The molecule has 2 aromatic rings. The molecule has 114 valence electrons. The smallest absolute Gasteiger partial charge is 0.341 e. The molecular formula is C17H16ClNO3. The van der Waals surface area contributed by atoms with E-state index in [1.54, 1.807) is 24.4 Å². The van der Waals surface area contributed by atoms with Crippen LogP contribution in [0.1, 0.15) is 16.7 Å². The van der Waals surface area contributed by atoms with Crippen molar-refractivity contribution < 1.29 is 14.6 Å². The average molecular weight is 318 g/mol. The van der Waals surface area contributed by atoms with Crippen molar-refractivity contribution in [1.82, 2.24) is 0 Å². The number of carbonyl (C=O) groups is 1. The normalized spacial score (nSPS) is 10.9. The number of aliphatic imine (C=N–C) groups is 1. The molecule has 0 radical (unpaired) electrons. The van der Waals surface area contributed by atoms with Crippen LogP contribution >= 0.6 is 11.6 Å². The second kappa shape index (κ2) is 7.09. The quantitative estimate of drug-likeness (QED) is 0.842. The molecule has 0 saturated carbocycles. The Balaban J connectivity index is 2.16. The SMILES string of the molecule is Cc1ccc(C)c(N=Cc2ccc(OCC(=O)O)c(Cl)c2)c1. The number of carboxylic acids is 1. The fourth-order valence-electron chi connectivity index (χ4n) is 1.86. The Labute approximate surface area is 134 Å². The monoisotopic (exact) mass is 317 g/mol. The van der Waals surface area contributed by atoms with E-state index in [-0.39, 0.29) is 0 Å². The molecule has 0 aromatic heterocycles. The number of hydrogen-bond acceptors (Lipinski definition) is 3. The van der Waals surface area contributed by atoms with E-state index >= 15 is 0 Å². The minimum Gasteiger partial charge on any atom is -0.480 e. The summed E-state index contributed by atoms with van der Waals surface area (Å²) in [4.78, 5) is 14.9. The van der Waals surface area contributed by atoms with Gasteiger partial charge in [0.25, 0.3) is 0 Å². The van der Waals surface area contributed by atoms with Crippen LogP contribution in [0.15, 0.2) is 41.4 Å². The largest absolute Gasteiger partial charge is 0.480 e. The van der Waals surface area contributed by atoms with E-state index in [4.69, 9.17) is 21.4 Å². The summed E-state index contributed by atoms with van der Waals surface area (Å²) in [5.41, 5.74) is 3.96. The third kappa shape index (κ3) is 4.33. The zero-order valence-corrected chi connectivity index (χ0v) is 13.1. The fourth-order valence-corrected chi connectivity index (χ4v) is 2.10. The van der Waals surface area contributed by atoms with Crippen molar-refractivity contribution in [1.29, 1.82) is 0 Å². The number of benzene rings is 2. The molecule has 4 nitrogen and oxygen atoms in total. The third-order valence-corrected chi connectivity index (χ3v) is 3.32. The molecule has 0 unspecified atom stereocenters. The molecule has 1 N–H and O–H groups in total. The maximum absolute atomic E-state index is 10.5. The minimum absolute atomic E-state index is 0.341. The van der Waals surface area contributed by atoms with Crippen molar-refractivity contribution in [2.75, 3.05) is 6.61 Å². The van der Waals surface area contributed by atoms with Gasteiger partial charge in [-0.05, 0) is 54.8 Å². The molecule has 0 aliphatic carbocycles. The average Bonchev–Trinajstić information content (AvgIpc) is 2.47. The zero-order chi connectivity index (χ0) is 16.1. The van der Waals surface area contributed by atoms with Gasteiger partial charge in [-0.15, -0.1) is 0 Å². The number of carboxylic acid groups (broad SMARTS) is 1. The Hall–Kier alpha value is -2.33. The maximum atomic E-state index is 10.5. The first-order chi connectivity index (χ1) is 10.5. The van der Waals surface area contributed by atoms with Crippen LogP contribution in [0, 0.1) is 13.8 Å². The predicted molar refractivity (Wildman–Crippen MR) is 87.8 cm³/mol. The van der Waals surface area contributed by atoms with Gasteiger partial charge >= 0.3 is 5.97 Å². The molecule has 0 saturated heterocycles. The molecule has 0 fully saturated rings. The van der Waals surface area contributed by atoms with Gasteiger partial charge in [0.15, 0.2) is 6.61 Å². The first kappa shape index (κ1) is 16.0. The maximum Gasteiger partial charge on any atom is 0.341 e. The summed E-state index contributed by atoms with van der Waals surface area (Å²) in [6.07, 6.45) is 1.72. The van der Waals surface area contributed by atoms with Crippen LogP contribution in [0.25, 0.3) is 0 Å². The molecule has 2 aromatic carbocycles. The van der Waals surface area contributed by atoms with Gasteiger partial charge in [0.05, 0.1) is 10.7 Å². The van der Waals surface area contributed by atoms with Crippen LogP contribution in [0.3, 0.4) is 0 Å². The van der Waals surface area contributed by atoms with Crippen LogP contribution in [0.2, 0.25) is 5.02 Å². The van der Waals surface area contributed by atoms with Crippen LogP contribution in [0.4, 0.5) is 5.69 Å². The summed E-state index contributed by atoms with van der Waals surface area (Å²) >= 11 is 6.07. The van der Waals surface area contributed by atoms with Gasteiger partial charge in [-0.25, -0.2) is 4.79 Å². The van der Waals surface area contributed by atoms with Crippen molar-refractivity contribution in [3.8, 4) is 5.75 Å². The Kier molecular flexibility index (Phi) is 5.17. The lowest BCUT2D eigenvalue weighted by molar-refractivity contribution is -0.139. The first-order valence-electron chi connectivity index (χ1n) is 6.71. The third-order valence-electron chi connectivity index (χ3n) is 3.02. The van der Waals surface area contributed by atoms with Crippen molar-refractivity contribution in [2.24, 2.45) is 4.99 Å². The molecule has 0 atom stereocenters. The number of halogens is 1. The van der Waals surface area contributed by atoms with E-state index in [0.29, 0.717) is 10.8 Å². The van der Waals surface area contributed by atoms with Gasteiger partial charge in [0.1, 0.15) is 5.75 Å². The molecule has 0 heterocycles. The van der Waals surface area contributed by atoms with Gasteiger partial charge in [0.2, 0.25) is 0 Å². The van der Waals surface area contributed by atoms with Gasteiger partial charge < -0.3 is 9.84 Å². The van der Waals surface area contributed by atoms with E-state index in [0.717, 1.165) is 22.4 Å². The number of rotatable bonds is 5. The lowest BCUT2D eigenvalue weighted by Gasteiger charge is -2.06. The molecule has 0 spiro atoms. The Morgan fingerprint density at radius 2 is 2.05 bits per heavy atom. The highest BCUT2D eigenvalue weighted by Gasteiger charge is 2.05. The van der Waals surface area contributed by atoms with E-state index in [2.05, 4.69) is 4.99 Å². The van der Waals surface area contributed by atoms with E-state index in [1.807, 2.05) is 32.0 Å². The summed E-state index contributed by atoms with van der Waals surface area (Å²) < 4.78 is 5.07. The van der Waals surface area contributed by atoms with Crippen molar-refractivity contribution in [2.45, 2.75) is 13.8 Å². The summed E-state index contributed by atoms with van der Waals surface area (Å²) in [5.74, 6) is -0.704. The Morgan fingerprint density at radius 3 is 2.73 bits per heavy atom. The summed E-state index contributed by atoms with van der Waals surface area (Å²) in [7, 11) is 0. The fraction of sp³-hybridized carbons (Fsp3) is 0.176. The summed E-state index contributed by atoms with van der Waals surface area (Å²) in [6.45, 7) is 3.60. The molecule has 2 rings (SSSR count). The number of hydrogen-bond donors (Lipinski definition) is 1. The first-order valence-corrected chi connectivity index (χ1v) is 7.09. The van der Waals surface area contributed by atoms with E-state index in [1.165, 1.54) is 0 Å². The van der Waals surface area contributed by atoms with Gasteiger partial charge in [-0.2, -0.15) is 0 Å². The summed E-state index contributed by atoms with van der Waals surface area (Å²) in [5, 5.41) is 8.94. The molecule has 0 aliphatic heterocycles. The highest BCUT2D eigenvalue weighted by molar-refractivity contribution is 6.32.